The van der Waals surface area contributed by atoms with Crippen molar-refractivity contribution in [1.82, 2.24) is 4.90 Å². The number of methoxy groups -OCH3 is 1. The molecule has 1 amide bonds. The summed E-state index contributed by atoms with van der Waals surface area (Å²) in [6, 6.07) is 5.29. The maximum atomic E-state index is 12.7. The lowest BCUT2D eigenvalue weighted by Crippen LogP contribution is -2.56. The molecule has 1 aromatic rings. The number of hydrogen-bond donors (Lipinski definition) is 1. The molecule has 21 heavy (non-hydrogen) atoms. The summed E-state index contributed by atoms with van der Waals surface area (Å²) in [5.41, 5.74) is 0.244. The molecule has 1 aliphatic heterocycles. The zero-order valence-corrected chi connectivity index (χ0v) is 13.6. The number of aliphatic carboxylic acids is 1. The number of amides is 1. The summed E-state index contributed by atoms with van der Waals surface area (Å²) in [4.78, 5) is 25.8. The Hall–Kier alpha value is -1.40. The van der Waals surface area contributed by atoms with Gasteiger partial charge in [0, 0.05) is 23.7 Å². The van der Waals surface area contributed by atoms with Crippen LogP contribution in [-0.2, 0) is 9.53 Å². The monoisotopic (exact) mass is 355 g/mol. The number of carboxylic acid groups (broad SMARTS) is 1. The number of ether oxygens (including phenoxy) is 1. The molecule has 0 spiro atoms. The Morgan fingerprint density at radius 1 is 1.48 bits per heavy atom. The fraction of sp³-hybridized carbons (Fsp3) is 0.467. The number of carbonyl (C=O) groups is 2. The summed E-state index contributed by atoms with van der Waals surface area (Å²) < 4.78 is 5.90. The first-order valence-corrected chi connectivity index (χ1v) is 7.52. The third-order valence-corrected chi connectivity index (χ3v) is 4.79. The lowest BCUT2D eigenvalue weighted by atomic mass is 9.96. The van der Waals surface area contributed by atoms with Gasteiger partial charge in [-0.2, -0.15) is 0 Å². The van der Waals surface area contributed by atoms with Gasteiger partial charge in [0.1, 0.15) is 0 Å². The van der Waals surface area contributed by atoms with Crippen molar-refractivity contribution in [2.75, 3.05) is 20.3 Å². The second kappa shape index (κ2) is 6.15. The van der Waals surface area contributed by atoms with Crippen LogP contribution >= 0.6 is 15.9 Å². The number of hydrogen-bond acceptors (Lipinski definition) is 3. The number of nitrogens with zero attached hydrogens (tertiary/aromatic N) is 1. The number of rotatable bonds is 4. The summed E-state index contributed by atoms with van der Waals surface area (Å²) in [7, 11) is 1.45. The van der Waals surface area contributed by atoms with Gasteiger partial charge < -0.3 is 14.7 Å². The molecule has 1 fully saturated rings. The highest BCUT2D eigenvalue weighted by Gasteiger charge is 2.50. The Morgan fingerprint density at radius 2 is 2.19 bits per heavy atom. The lowest BCUT2D eigenvalue weighted by Gasteiger charge is -2.34. The van der Waals surface area contributed by atoms with Gasteiger partial charge in [0.25, 0.3) is 5.91 Å². The minimum absolute atomic E-state index is 0.00110. The van der Waals surface area contributed by atoms with Crippen molar-refractivity contribution >= 4 is 27.8 Å². The fourth-order valence-corrected chi connectivity index (χ4v) is 3.11. The molecule has 6 heteroatoms. The van der Waals surface area contributed by atoms with Crippen molar-refractivity contribution in [3.05, 3.63) is 33.8 Å². The second-order valence-electron chi connectivity index (χ2n) is 5.29. The molecule has 114 valence electrons. The molecule has 0 radical (unpaired) electrons. The summed E-state index contributed by atoms with van der Waals surface area (Å²) in [6.45, 7) is 2.36. The molecule has 1 atom stereocenters. The Balaban J connectivity index is 2.36. The summed E-state index contributed by atoms with van der Waals surface area (Å²) in [5, 5.41) is 9.58. The van der Waals surface area contributed by atoms with E-state index in [2.05, 4.69) is 15.9 Å². The van der Waals surface area contributed by atoms with Gasteiger partial charge in [0.2, 0.25) is 0 Å². The average Bonchev–Trinajstić information content (AvgIpc) is 2.86. The van der Waals surface area contributed by atoms with Gasteiger partial charge in [-0.3, -0.25) is 4.79 Å². The lowest BCUT2D eigenvalue weighted by molar-refractivity contribution is -0.151. The first-order chi connectivity index (χ1) is 9.92. The number of carbonyl (C=O) groups excluding carboxylic acids is 1. The van der Waals surface area contributed by atoms with Crippen molar-refractivity contribution in [1.29, 1.82) is 0 Å². The van der Waals surface area contributed by atoms with E-state index in [9.17, 15) is 14.7 Å². The zero-order chi connectivity index (χ0) is 15.6. The smallest absolute Gasteiger partial charge is 0.332 e. The predicted molar refractivity (Wildman–Crippen MR) is 81.4 cm³/mol. The van der Waals surface area contributed by atoms with E-state index >= 15 is 0 Å². The van der Waals surface area contributed by atoms with Crippen LogP contribution in [0.5, 0.6) is 0 Å². The molecule has 1 saturated heterocycles. The molecule has 1 aliphatic rings. The van der Waals surface area contributed by atoms with Gasteiger partial charge in [-0.15, -0.1) is 0 Å². The van der Waals surface area contributed by atoms with Crippen LogP contribution in [0.25, 0.3) is 0 Å². The van der Waals surface area contributed by atoms with E-state index in [-0.39, 0.29) is 12.5 Å². The minimum atomic E-state index is -1.26. The topological polar surface area (TPSA) is 66.8 Å². The number of likely N-dealkylation sites (tertiary alicyclic amines) is 1. The molecule has 0 bridgehead atoms. The fourth-order valence-electron chi connectivity index (χ4n) is 2.73. The van der Waals surface area contributed by atoms with Crippen LogP contribution in [0, 0.1) is 6.92 Å². The number of carboxylic acids is 1. The first kappa shape index (κ1) is 16.0. The van der Waals surface area contributed by atoms with Gasteiger partial charge in [0.15, 0.2) is 5.54 Å². The van der Waals surface area contributed by atoms with Crippen LogP contribution in [0.4, 0.5) is 0 Å². The molecule has 1 unspecified atom stereocenters. The quantitative estimate of drug-likeness (QED) is 0.900. The standard InChI is InChI=1S/C15H18BrNO4/c1-10-4-5-11(8-12(10)16)13(18)17-7-3-6-15(17,9-21-2)14(19)20/h4-5,8H,3,6-7,9H2,1-2H3,(H,19,20). The van der Waals surface area contributed by atoms with Crippen LogP contribution < -0.4 is 0 Å². The second-order valence-corrected chi connectivity index (χ2v) is 6.15. The number of benzene rings is 1. The maximum Gasteiger partial charge on any atom is 0.332 e. The SMILES string of the molecule is COCC1(C(=O)O)CCCN1C(=O)c1ccc(C)c(Br)c1. The molecule has 0 aromatic heterocycles. The van der Waals surface area contributed by atoms with E-state index in [0.29, 0.717) is 24.9 Å². The largest absolute Gasteiger partial charge is 0.479 e. The van der Waals surface area contributed by atoms with Crippen LogP contribution in [0.15, 0.2) is 22.7 Å². The van der Waals surface area contributed by atoms with Crippen molar-refractivity contribution in [3.8, 4) is 0 Å². The van der Waals surface area contributed by atoms with Crippen molar-refractivity contribution < 1.29 is 19.4 Å². The molecule has 1 N–H and O–H groups in total. The Labute approximate surface area is 132 Å². The van der Waals surface area contributed by atoms with Crippen molar-refractivity contribution in [2.45, 2.75) is 25.3 Å². The van der Waals surface area contributed by atoms with Gasteiger partial charge in [-0.1, -0.05) is 22.0 Å². The third kappa shape index (κ3) is 2.82. The van der Waals surface area contributed by atoms with E-state index in [4.69, 9.17) is 4.74 Å². The molecule has 5 nitrogen and oxygen atoms in total. The Bertz CT molecular complexity index is 575. The highest BCUT2D eigenvalue weighted by Crippen LogP contribution is 2.32. The van der Waals surface area contributed by atoms with E-state index in [1.54, 1.807) is 12.1 Å². The van der Waals surface area contributed by atoms with E-state index in [1.807, 2.05) is 13.0 Å². The predicted octanol–water partition coefficient (Wildman–Crippen LogP) is 2.46. The van der Waals surface area contributed by atoms with E-state index < -0.39 is 11.5 Å². The normalized spacial score (nSPS) is 21.6. The highest BCUT2D eigenvalue weighted by molar-refractivity contribution is 9.10. The molecule has 0 aliphatic carbocycles. The summed E-state index contributed by atoms with van der Waals surface area (Å²) in [6.07, 6.45) is 1.07. The molecule has 2 rings (SSSR count). The molecular weight excluding hydrogens is 338 g/mol. The van der Waals surface area contributed by atoms with Gasteiger partial charge in [0.05, 0.1) is 6.61 Å². The van der Waals surface area contributed by atoms with Gasteiger partial charge in [-0.25, -0.2) is 4.79 Å². The first-order valence-electron chi connectivity index (χ1n) is 6.73. The minimum Gasteiger partial charge on any atom is -0.479 e. The zero-order valence-electron chi connectivity index (χ0n) is 12.1. The average molecular weight is 356 g/mol. The van der Waals surface area contributed by atoms with Crippen LogP contribution in [0.3, 0.4) is 0 Å². The van der Waals surface area contributed by atoms with Crippen LogP contribution in [-0.4, -0.2) is 47.7 Å². The summed E-state index contributed by atoms with van der Waals surface area (Å²) in [5.74, 6) is -1.28. The van der Waals surface area contributed by atoms with Crippen molar-refractivity contribution in [2.24, 2.45) is 0 Å². The molecular formula is C15H18BrNO4. The van der Waals surface area contributed by atoms with Crippen molar-refractivity contribution in [3.63, 3.8) is 0 Å². The Morgan fingerprint density at radius 3 is 2.76 bits per heavy atom. The molecule has 1 aromatic carbocycles. The molecule has 0 saturated carbocycles. The highest BCUT2D eigenvalue weighted by atomic mass is 79.9. The van der Waals surface area contributed by atoms with Gasteiger partial charge in [-0.05, 0) is 37.5 Å². The number of aryl methyl sites for hydroxylation is 1. The van der Waals surface area contributed by atoms with Crippen LogP contribution in [0.2, 0.25) is 0 Å². The summed E-state index contributed by atoms with van der Waals surface area (Å²) >= 11 is 3.40. The third-order valence-electron chi connectivity index (χ3n) is 3.93. The molecule has 1 heterocycles. The number of halogens is 1. The Kier molecular flexibility index (Phi) is 4.68. The van der Waals surface area contributed by atoms with Crippen LogP contribution in [0.1, 0.15) is 28.8 Å². The van der Waals surface area contributed by atoms with E-state index in [1.165, 1.54) is 12.0 Å². The van der Waals surface area contributed by atoms with Gasteiger partial charge >= 0.3 is 5.97 Å². The maximum absolute atomic E-state index is 12.7. The van der Waals surface area contributed by atoms with E-state index in [0.717, 1.165) is 10.0 Å².